The largest absolute Gasteiger partial charge is 0.490 e. The van der Waals surface area contributed by atoms with Crippen LogP contribution in [0, 0.1) is 19.7 Å². The van der Waals surface area contributed by atoms with Gasteiger partial charge in [0.25, 0.3) is 0 Å². The molecule has 0 saturated carbocycles. The molecule has 11 heteroatoms. The van der Waals surface area contributed by atoms with Crippen molar-refractivity contribution in [1.29, 1.82) is 0 Å². The van der Waals surface area contributed by atoms with E-state index in [1.165, 1.54) is 16.4 Å². The second-order valence-corrected chi connectivity index (χ2v) is 10.6. The van der Waals surface area contributed by atoms with Gasteiger partial charge in [0.2, 0.25) is 15.9 Å². The lowest BCUT2D eigenvalue weighted by Crippen LogP contribution is -2.57. The lowest BCUT2D eigenvalue weighted by molar-refractivity contribution is -0.118. The van der Waals surface area contributed by atoms with Crippen LogP contribution in [0.5, 0.6) is 5.75 Å². The van der Waals surface area contributed by atoms with Crippen LogP contribution in [0.2, 0.25) is 0 Å². The maximum Gasteiger partial charge on any atom is 0.243 e. The molecule has 3 aromatic rings. The summed E-state index contributed by atoms with van der Waals surface area (Å²) in [5.74, 6) is 0.458. The monoisotopic (exact) mass is 500 g/mol. The average Bonchev–Trinajstić information content (AvgIpc) is 3.19. The van der Waals surface area contributed by atoms with E-state index in [0.29, 0.717) is 23.7 Å². The Kier molecular flexibility index (Phi) is 6.07. The molecule has 5 rings (SSSR count). The predicted octanol–water partition coefficient (Wildman–Crippen LogP) is 2.80. The number of nitrogens with zero attached hydrogens (tertiary/aromatic N) is 3. The van der Waals surface area contributed by atoms with Crippen LogP contribution in [0.3, 0.4) is 0 Å². The van der Waals surface area contributed by atoms with E-state index in [4.69, 9.17) is 9.26 Å². The standard InChI is InChI=1S/C24H25FN4O5S/c1-15-24(16(2)34-27-15)17-3-8-22-21(11-17)26-23(30)13-28-9-10-29(12-19(28)14-33-22)35(31,32)20-6-4-18(25)5-7-20/h3-8,11,19H,9-10,12-14H2,1-2H3,(H,26,30)/t19-/m1/s1. The second kappa shape index (κ2) is 9.06. The van der Waals surface area contributed by atoms with Gasteiger partial charge in [-0.1, -0.05) is 11.2 Å². The molecule has 2 aliphatic heterocycles. The number of nitrogens with one attached hydrogen (secondary N) is 1. The number of sulfonamides is 1. The molecule has 0 aliphatic carbocycles. The zero-order valence-electron chi connectivity index (χ0n) is 19.3. The molecular formula is C24H25FN4O5S. The van der Waals surface area contributed by atoms with Gasteiger partial charge in [0, 0.05) is 25.2 Å². The lowest BCUT2D eigenvalue weighted by atomic mass is 10.0. The highest BCUT2D eigenvalue weighted by Gasteiger charge is 2.36. The second-order valence-electron chi connectivity index (χ2n) is 8.71. The summed E-state index contributed by atoms with van der Waals surface area (Å²) >= 11 is 0. The quantitative estimate of drug-likeness (QED) is 0.590. The van der Waals surface area contributed by atoms with Gasteiger partial charge < -0.3 is 14.6 Å². The van der Waals surface area contributed by atoms with E-state index in [1.807, 2.05) is 30.9 Å². The Morgan fingerprint density at radius 3 is 2.60 bits per heavy atom. The van der Waals surface area contributed by atoms with Gasteiger partial charge in [-0.05, 0) is 55.8 Å². The third kappa shape index (κ3) is 4.54. The van der Waals surface area contributed by atoms with Crippen molar-refractivity contribution in [3.63, 3.8) is 0 Å². The van der Waals surface area contributed by atoms with Gasteiger partial charge in [0.15, 0.2) is 0 Å². The molecule has 1 N–H and O–H groups in total. The number of aromatic nitrogens is 1. The van der Waals surface area contributed by atoms with Crippen LogP contribution in [0.15, 0.2) is 51.9 Å². The van der Waals surface area contributed by atoms with Crippen molar-refractivity contribution in [2.24, 2.45) is 0 Å². The fourth-order valence-corrected chi connectivity index (χ4v) is 6.04. The highest BCUT2D eigenvalue weighted by Crippen LogP contribution is 2.35. The first kappa shape index (κ1) is 23.5. The molecule has 35 heavy (non-hydrogen) atoms. The van der Waals surface area contributed by atoms with Crippen molar-refractivity contribution < 1.29 is 26.9 Å². The molecule has 3 heterocycles. The molecule has 9 nitrogen and oxygen atoms in total. The van der Waals surface area contributed by atoms with Crippen molar-refractivity contribution in [3.05, 3.63) is 59.7 Å². The van der Waals surface area contributed by atoms with Crippen LogP contribution < -0.4 is 10.1 Å². The number of benzene rings is 2. The maximum absolute atomic E-state index is 13.3. The molecule has 1 saturated heterocycles. The van der Waals surface area contributed by atoms with Gasteiger partial charge >= 0.3 is 0 Å². The van der Waals surface area contributed by atoms with Gasteiger partial charge in [-0.25, -0.2) is 12.8 Å². The van der Waals surface area contributed by atoms with Crippen LogP contribution in [-0.4, -0.2) is 67.5 Å². The summed E-state index contributed by atoms with van der Waals surface area (Å²) in [6, 6.07) is 9.93. The van der Waals surface area contributed by atoms with E-state index >= 15 is 0 Å². The number of amides is 1. The summed E-state index contributed by atoms with van der Waals surface area (Å²) in [5, 5.41) is 6.92. The highest BCUT2D eigenvalue weighted by molar-refractivity contribution is 7.89. The molecule has 1 amide bonds. The minimum atomic E-state index is -3.80. The summed E-state index contributed by atoms with van der Waals surface area (Å²) < 4.78 is 52.2. The number of hydrogen-bond acceptors (Lipinski definition) is 7. The normalized spacial score (nSPS) is 19.5. The molecule has 184 valence electrons. The van der Waals surface area contributed by atoms with Crippen LogP contribution in [0.25, 0.3) is 11.1 Å². The molecule has 2 aromatic carbocycles. The number of aryl methyl sites for hydroxylation is 2. The Bertz CT molecular complexity index is 1350. The summed E-state index contributed by atoms with van der Waals surface area (Å²) in [4.78, 5) is 14.8. The highest BCUT2D eigenvalue weighted by atomic mass is 32.2. The van der Waals surface area contributed by atoms with Gasteiger partial charge in [-0.15, -0.1) is 0 Å². The average molecular weight is 501 g/mol. The van der Waals surface area contributed by atoms with Crippen molar-refractivity contribution in [2.45, 2.75) is 24.8 Å². The van der Waals surface area contributed by atoms with Crippen molar-refractivity contribution >= 4 is 21.6 Å². The Balaban J connectivity index is 1.39. The maximum atomic E-state index is 13.3. The number of piperazine rings is 1. The van der Waals surface area contributed by atoms with Crippen molar-refractivity contribution in [1.82, 2.24) is 14.4 Å². The van der Waals surface area contributed by atoms with Crippen LogP contribution >= 0.6 is 0 Å². The molecule has 0 spiro atoms. The summed E-state index contributed by atoms with van der Waals surface area (Å²) in [7, 11) is -3.80. The molecule has 2 aliphatic rings. The zero-order valence-corrected chi connectivity index (χ0v) is 20.1. The van der Waals surface area contributed by atoms with E-state index < -0.39 is 15.8 Å². The van der Waals surface area contributed by atoms with E-state index in [1.54, 1.807) is 6.07 Å². The van der Waals surface area contributed by atoms with Crippen LogP contribution in [-0.2, 0) is 14.8 Å². The summed E-state index contributed by atoms with van der Waals surface area (Å²) in [6.07, 6.45) is 0. The summed E-state index contributed by atoms with van der Waals surface area (Å²) in [5.41, 5.74) is 2.99. The molecular weight excluding hydrogens is 475 g/mol. The van der Waals surface area contributed by atoms with Crippen molar-refractivity contribution in [3.8, 4) is 16.9 Å². The SMILES string of the molecule is Cc1noc(C)c1-c1ccc2c(c1)NC(=O)CN1CCN(S(=O)(=O)c3ccc(F)cc3)C[C@@H]1CO2. The Morgan fingerprint density at radius 2 is 1.89 bits per heavy atom. The van der Waals surface area contributed by atoms with Gasteiger partial charge in [0.1, 0.15) is 23.9 Å². The van der Waals surface area contributed by atoms with E-state index in [9.17, 15) is 17.6 Å². The van der Waals surface area contributed by atoms with E-state index in [-0.39, 0.29) is 43.1 Å². The smallest absolute Gasteiger partial charge is 0.243 e. The Labute approximate surface area is 202 Å². The molecule has 0 unspecified atom stereocenters. The van der Waals surface area contributed by atoms with Gasteiger partial charge in [-0.2, -0.15) is 4.31 Å². The number of fused-ring (bicyclic) bond motifs is 2. The molecule has 1 aromatic heterocycles. The first-order valence-electron chi connectivity index (χ1n) is 11.2. The van der Waals surface area contributed by atoms with Crippen LogP contribution in [0.4, 0.5) is 10.1 Å². The summed E-state index contributed by atoms with van der Waals surface area (Å²) in [6.45, 7) is 4.71. The number of hydrogen-bond donors (Lipinski definition) is 1. The van der Waals surface area contributed by atoms with Gasteiger partial charge in [-0.3, -0.25) is 9.69 Å². The molecule has 0 radical (unpaired) electrons. The Hall–Kier alpha value is -3.28. The van der Waals surface area contributed by atoms with E-state index in [2.05, 4.69) is 10.5 Å². The topological polar surface area (TPSA) is 105 Å². The molecule has 1 atom stereocenters. The number of rotatable bonds is 3. The number of carbonyl (C=O) groups is 1. The third-order valence-electron chi connectivity index (χ3n) is 6.37. The lowest BCUT2D eigenvalue weighted by Gasteiger charge is -2.39. The number of ether oxygens (including phenoxy) is 1. The fraction of sp³-hybridized carbons (Fsp3) is 0.333. The number of anilines is 1. The number of halogens is 1. The van der Waals surface area contributed by atoms with Gasteiger partial charge in [0.05, 0.1) is 28.9 Å². The first-order chi connectivity index (χ1) is 16.7. The molecule has 0 bridgehead atoms. The van der Waals surface area contributed by atoms with E-state index in [0.717, 1.165) is 29.0 Å². The predicted molar refractivity (Wildman–Crippen MR) is 126 cm³/mol. The van der Waals surface area contributed by atoms with Crippen molar-refractivity contribution in [2.75, 3.05) is 38.1 Å². The number of carbonyl (C=O) groups excluding carboxylic acids is 1. The Morgan fingerprint density at radius 1 is 1.11 bits per heavy atom. The third-order valence-corrected chi connectivity index (χ3v) is 8.25. The minimum absolute atomic E-state index is 0.0336. The zero-order chi connectivity index (χ0) is 24.7. The van der Waals surface area contributed by atoms with Crippen LogP contribution in [0.1, 0.15) is 11.5 Å². The molecule has 1 fully saturated rings. The minimum Gasteiger partial charge on any atom is -0.490 e. The fourth-order valence-electron chi connectivity index (χ4n) is 4.57. The first-order valence-corrected chi connectivity index (χ1v) is 12.7.